The van der Waals surface area contributed by atoms with Crippen LogP contribution in [0.4, 0.5) is 4.39 Å². The van der Waals surface area contributed by atoms with Crippen LogP contribution in [0.1, 0.15) is 30.9 Å². The second-order valence-corrected chi connectivity index (χ2v) is 7.13. The van der Waals surface area contributed by atoms with Gasteiger partial charge in [-0.2, -0.15) is 5.26 Å². The molecule has 1 aliphatic heterocycles. The molecular weight excluding hydrogens is 423 g/mol. The van der Waals surface area contributed by atoms with Gasteiger partial charge in [0.15, 0.2) is 0 Å². The fraction of sp³-hybridized carbons (Fsp3) is 0.217. The molecule has 31 heavy (non-hydrogen) atoms. The Labute approximate surface area is 184 Å². The molecule has 3 rings (SSSR count). The van der Waals surface area contributed by atoms with Crippen LogP contribution in [0.5, 0.6) is 5.75 Å². The number of nitrogens with zero attached hydrogens (tertiary/aromatic N) is 1. The van der Waals surface area contributed by atoms with Gasteiger partial charge in [-0.05, 0) is 49.2 Å². The highest BCUT2D eigenvalue weighted by Gasteiger charge is 2.36. The Kier molecular flexibility index (Phi) is 6.83. The number of ether oxygens (including phenoxy) is 3. The van der Waals surface area contributed by atoms with E-state index in [0.29, 0.717) is 16.9 Å². The van der Waals surface area contributed by atoms with Gasteiger partial charge in [-0.1, -0.05) is 29.8 Å². The maximum atomic E-state index is 13.3. The summed E-state index contributed by atoms with van der Waals surface area (Å²) in [4.78, 5) is 12.6. The van der Waals surface area contributed by atoms with E-state index in [0.717, 1.165) is 0 Å². The first-order valence-corrected chi connectivity index (χ1v) is 9.85. The fourth-order valence-electron chi connectivity index (χ4n) is 3.27. The molecule has 0 spiro atoms. The summed E-state index contributed by atoms with van der Waals surface area (Å²) >= 11 is 5.81. The number of allylic oxidation sites excluding steroid dienone is 2. The standard InChI is InChI=1S/C23H20ClFN2O4/c1-3-29-23(28)20-13(2)31-22(27)17(11-26)21(20)15-5-4-6-16(10-15)30-12-14-7-8-19(25)18(24)9-14/h4-10,21H,3,12,27H2,1-2H3. The highest BCUT2D eigenvalue weighted by Crippen LogP contribution is 2.40. The average Bonchev–Trinajstić information content (AvgIpc) is 2.74. The number of benzene rings is 2. The van der Waals surface area contributed by atoms with Crippen LogP contribution >= 0.6 is 11.6 Å². The lowest BCUT2D eigenvalue weighted by Gasteiger charge is -2.27. The van der Waals surface area contributed by atoms with Crippen molar-refractivity contribution in [1.82, 2.24) is 0 Å². The van der Waals surface area contributed by atoms with E-state index >= 15 is 0 Å². The molecule has 1 atom stereocenters. The van der Waals surface area contributed by atoms with Gasteiger partial charge in [0.05, 0.1) is 23.1 Å². The van der Waals surface area contributed by atoms with Crippen LogP contribution in [0.25, 0.3) is 0 Å². The first-order valence-electron chi connectivity index (χ1n) is 9.47. The summed E-state index contributed by atoms with van der Waals surface area (Å²) in [5.74, 6) is -1.16. The molecule has 1 unspecified atom stereocenters. The Hall–Kier alpha value is -3.50. The van der Waals surface area contributed by atoms with Crippen molar-refractivity contribution >= 4 is 17.6 Å². The monoisotopic (exact) mass is 442 g/mol. The van der Waals surface area contributed by atoms with E-state index in [-0.39, 0.29) is 41.0 Å². The Morgan fingerprint density at radius 2 is 2.10 bits per heavy atom. The van der Waals surface area contributed by atoms with Crippen molar-refractivity contribution in [3.63, 3.8) is 0 Å². The van der Waals surface area contributed by atoms with Gasteiger partial charge in [0.2, 0.25) is 5.88 Å². The molecule has 2 aromatic carbocycles. The molecule has 160 valence electrons. The number of esters is 1. The molecule has 0 radical (unpaired) electrons. The van der Waals surface area contributed by atoms with E-state index in [4.69, 9.17) is 31.5 Å². The van der Waals surface area contributed by atoms with Crippen molar-refractivity contribution < 1.29 is 23.4 Å². The van der Waals surface area contributed by atoms with Crippen molar-refractivity contribution in [3.8, 4) is 11.8 Å². The zero-order chi connectivity index (χ0) is 22.5. The third-order valence-corrected chi connectivity index (χ3v) is 4.97. The van der Waals surface area contributed by atoms with Gasteiger partial charge in [-0.3, -0.25) is 0 Å². The van der Waals surface area contributed by atoms with Crippen molar-refractivity contribution in [2.24, 2.45) is 5.73 Å². The van der Waals surface area contributed by atoms with Crippen LogP contribution in [0, 0.1) is 17.1 Å². The lowest BCUT2D eigenvalue weighted by molar-refractivity contribution is -0.139. The normalized spacial score (nSPS) is 15.9. The third kappa shape index (κ3) is 4.81. The van der Waals surface area contributed by atoms with Gasteiger partial charge in [-0.25, -0.2) is 9.18 Å². The topological polar surface area (TPSA) is 94.6 Å². The van der Waals surface area contributed by atoms with Crippen molar-refractivity contribution in [3.05, 3.63) is 87.2 Å². The van der Waals surface area contributed by atoms with E-state index in [2.05, 4.69) is 0 Å². The number of nitriles is 1. The van der Waals surface area contributed by atoms with Crippen LogP contribution < -0.4 is 10.5 Å². The second kappa shape index (κ2) is 9.54. The van der Waals surface area contributed by atoms with Gasteiger partial charge in [0.25, 0.3) is 0 Å². The molecule has 6 nitrogen and oxygen atoms in total. The first kappa shape index (κ1) is 22.2. The molecule has 8 heteroatoms. The summed E-state index contributed by atoms with van der Waals surface area (Å²) in [5, 5.41) is 9.67. The number of rotatable bonds is 6. The molecule has 0 saturated heterocycles. The molecule has 0 aliphatic carbocycles. The zero-order valence-corrected chi connectivity index (χ0v) is 17.7. The minimum absolute atomic E-state index is 0.0102. The van der Waals surface area contributed by atoms with Gasteiger partial charge in [0, 0.05) is 0 Å². The summed E-state index contributed by atoms with van der Waals surface area (Å²) in [6.45, 7) is 3.61. The van der Waals surface area contributed by atoms with Crippen molar-refractivity contribution in [1.29, 1.82) is 5.26 Å². The Morgan fingerprint density at radius 3 is 2.77 bits per heavy atom. The van der Waals surface area contributed by atoms with E-state index in [1.165, 1.54) is 12.1 Å². The lowest BCUT2D eigenvalue weighted by Crippen LogP contribution is -2.25. The van der Waals surface area contributed by atoms with Crippen LogP contribution in [0.15, 0.2) is 65.3 Å². The van der Waals surface area contributed by atoms with Gasteiger partial charge in [0.1, 0.15) is 35.6 Å². The summed E-state index contributed by atoms with van der Waals surface area (Å²) in [6, 6.07) is 13.3. The number of hydrogen-bond donors (Lipinski definition) is 1. The number of nitrogens with two attached hydrogens (primary N) is 1. The zero-order valence-electron chi connectivity index (χ0n) is 16.9. The van der Waals surface area contributed by atoms with Gasteiger partial charge >= 0.3 is 5.97 Å². The van der Waals surface area contributed by atoms with Crippen molar-refractivity contribution in [2.75, 3.05) is 6.61 Å². The predicted octanol–water partition coefficient (Wildman–Crippen LogP) is 4.70. The number of carbonyl (C=O) groups excluding carboxylic acids is 1. The molecule has 1 aliphatic rings. The van der Waals surface area contributed by atoms with Crippen LogP contribution in [-0.2, 0) is 20.9 Å². The van der Waals surface area contributed by atoms with E-state index in [9.17, 15) is 14.4 Å². The highest BCUT2D eigenvalue weighted by atomic mass is 35.5. The van der Waals surface area contributed by atoms with Crippen molar-refractivity contribution in [2.45, 2.75) is 26.4 Å². The average molecular weight is 443 g/mol. The first-order chi connectivity index (χ1) is 14.8. The molecule has 2 N–H and O–H groups in total. The maximum absolute atomic E-state index is 13.3. The maximum Gasteiger partial charge on any atom is 0.338 e. The number of carbonyl (C=O) groups is 1. The Balaban J connectivity index is 1.93. The summed E-state index contributed by atoms with van der Waals surface area (Å²) in [6.07, 6.45) is 0. The number of halogens is 2. The van der Waals surface area contributed by atoms with Gasteiger partial charge < -0.3 is 19.9 Å². The van der Waals surface area contributed by atoms with E-state index < -0.39 is 17.7 Å². The lowest BCUT2D eigenvalue weighted by atomic mass is 9.83. The molecule has 0 amide bonds. The highest BCUT2D eigenvalue weighted by molar-refractivity contribution is 6.30. The summed E-state index contributed by atoms with van der Waals surface area (Å²) in [5.41, 5.74) is 7.53. The molecule has 0 fully saturated rings. The van der Waals surface area contributed by atoms with E-state index in [1.54, 1.807) is 44.2 Å². The van der Waals surface area contributed by atoms with Crippen LogP contribution in [-0.4, -0.2) is 12.6 Å². The fourth-order valence-corrected chi connectivity index (χ4v) is 3.47. The molecule has 1 heterocycles. The molecule has 2 aromatic rings. The third-order valence-electron chi connectivity index (χ3n) is 4.68. The minimum atomic E-state index is -0.762. The Morgan fingerprint density at radius 1 is 1.32 bits per heavy atom. The summed E-state index contributed by atoms with van der Waals surface area (Å²) < 4.78 is 29.7. The molecular formula is C23H20ClFN2O4. The predicted molar refractivity (Wildman–Crippen MR) is 112 cm³/mol. The molecule has 0 aromatic heterocycles. The number of hydrogen-bond acceptors (Lipinski definition) is 6. The summed E-state index contributed by atoms with van der Waals surface area (Å²) in [7, 11) is 0. The largest absolute Gasteiger partial charge is 0.489 e. The van der Waals surface area contributed by atoms with Crippen LogP contribution in [0.3, 0.4) is 0 Å². The minimum Gasteiger partial charge on any atom is -0.489 e. The SMILES string of the molecule is CCOC(=O)C1=C(C)OC(N)=C(C#N)C1c1cccc(OCc2ccc(F)c(Cl)c2)c1. The Bertz CT molecular complexity index is 1120. The molecule has 0 saturated carbocycles. The quantitative estimate of drug-likeness (QED) is 0.651. The van der Waals surface area contributed by atoms with Gasteiger partial charge in [-0.15, -0.1) is 0 Å². The van der Waals surface area contributed by atoms with E-state index in [1.807, 2.05) is 6.07 Å². The smallest absolute Gasteiger partial charge is 0.338 e. The van der Waals surface area contributed by atoms with Crippen LogP contribution in [0.2, 0.25) is 5.02 Å². The second-order valence-electron chi connectivity index (χ2n) is 6.72. The molecule has 0 bridgehead atoms.